The van der Waals surface area contributed by atoms with Crippen molar-refractivity contribution in [2.75, 3.05) is 7.11 Å². The number of benzene rings is 1. The van der Waals surface area contributed by atoms with E-state index in [1.165, 1.54) is 41.3 Å². The zero-order chi connectivity index (χ0) is 22.1. The second kappa shape index (κ2) is 8.44. The van der Waals surface area contributed by atoms with Crippen LogP contribution in [0.5, 0.6) is 5.75 Å². The quantitative estimate of drug-likeness (QED) is 0.446. The van der Waals surface area contributed by atoms with Crippen molar-refractivity contribution in [1.82, 2.24) is 4.57 Å². The zero-order valence-corrected chi connectivity index (χ0v) is 18.6. The minimum Gasteiger partial charge on any atom is -0.466 e. The van der Waals surface area contributed by atoms with Crippen LogP contribution in [0.4, 0.5) is 0 Å². The van der Waals surface area contributed by atoms with E-state index in [9.17, 15) is 14.4 Å². The molecule has 0 saturated carbocycles. The van der Waals surface area contributed by atoms with Crippen molar-refractivity contribution < 1.29 is 19.1 Å². The van der Waals surface area contributed by atoms with Crippen molar-refractivity contribution in [2.24, 2.45) is 4.99 Å². The fourth-order valence-electron chi connectivity index (χ4n) is 3.39. The van der Waals surface area contributed by atoms with Crippen molar-refractivity contribution in [1.29, 1.82) is 0 Å². The summed E-state index contributed by atoms with van der Waals surface area (Å²) in [6.07, 6.45) is 1.72. The molecule has 1 aromatic carbocycles. The molecular formula is C22H18N2O5S2. The molecule has 0 amide bonds. The maximum atomic E-state index is 13.4. The van der Waals surface area contributed by atoms with Crippen molar-refractivity contribution >= 4 is 40.7 Å². The third-order valence-electron chi connectivity index (χ3n) is 4.66. The highest BCUT2D eigenvalue weighted by atomic mass is 32.1. The average Bonchev–Trinajstić information content (AvgIpc) is 3.35. The monoisotopic (exact) mass is 454 g/mol. The van der Waals surface area contributed by atoms with E-state index >= 15 is 0 Å². The first-order valence-electron chi connectivity index (χ1n) is 9.32. The lowest BCUT2D eigenvalue weighted by molar-refractivity contribution is -0.136. The van der Waals surface area contributed by atoms with Gasteiger partial charge in [0.15, 0.2) is 4.80 Å². The van der Waals surface area contributed by atoms with E-state index in [0.29, 0.717) is 31.9 Å². The van der Waals surface area contributed by atoms with Gasteiger partial charge >= 0.3 is 11.9 Å². The van der Waals surface area contributed by atoms with Crippen LogP contribution in [0.1, 0.15) is 30.3 Å². The number of aromatic nitrogens is 1. The highest BCUT2D eigenvalue weighted by molar-refractivity contribution is 7.10. The van der Waals surface area contributed by atoms with E-state index in [0.717, 1.165) is 4.88 Å². The summed E-state index contributed by atoms with van der Waals surface area (Å²) in [5, 5.41) is 1.90. The minimum atomic E-state index is -0.599. The van der Waals surface area contributed by atoms with Crippen LogP contribution < -0.4 is 19.6 Å². The molecule has 1 aliphatic heterocycles. The van der Waals surface area contributed by atoms with Gasteiger partial charge in [0.1, 0.15) is 11.8 Å². The normalized spacial score (nSPS) is 16.0. The Hall–Kier alpha value is -3.30. The first-order valence-corrected chi connectivity index (χ1v) is 11.0. The van der Waals surface area contributed by atoms with E-state index in [1.807, 2.05) is 23.6 Å². The largest absolute Gasteiger partial charge is 0.466 e. The number of hydrogen-bond acceptors (Lipinski definition) is 8. The molecule has 0 unspecified atom stereocenters. The molecule has 31 heavy (non-hydrogen) atoms. The maximum Gasteiger partial charge on any atom is 0.338 e. The van der Waals surface area contributed by atoms with E-state index in [-0.39, 0.29) is 5.56 Å². The predicted octanol–water partition coefficient (Wildman–Crippen LogP) is 2.40. The van der Waals surface area contributed by atoms with Crippen LogP contribution in [0.3, 0.4) is 0 Å². The Balaban J connectivity index is 1.89. The van der Waals surface area contributed by atoms with Gasteiger partial charge < -0.3 is 9.47 Å². The summed E-state index contributed by atoms with van der Waals surface area (Å²) in [4.78, 5) is 43.0. The second-order valence-corrected chi connectivity index (χ2v) is 8.74. The standard InChI is InChI=1S/C22H18N2O5S2/c1-12-18(21(27)28-3)19(16-8-5-9-30-16)24-20(26)17(31-22(24)23-12)11-14-6-4-7-15(10-14)29-13(2)25/h4-11,19H,1-3H3/b17-11-/t19-/m1/s1. The van der Waals surface area contributed by atoms with Crippen LogP contribution in [0.2, 0.25) is 0 Å². The molecule has 0 saturated heterocycles. The van der Waals surface area contributed by atoms with Crippen LogP contribution in [-0.4, -0.2) is 23.6 Å². The van der Waals surface area contributed by atoms with Gasteiger partial charge in [-0.3, -0.25) is 14.2 Å². The number of rotatable bonds is 4. The Kier molecular flexibility index (Phi) is 5.71. The maximum absolute atomic E-state index is 13.4. The minimum absolute atomic E-state index is 0.256. The zero-order valence-electron chi connectivity index (χ0n) is 16.9. The number of thiazole rings is 1. The number of methoxy groups -OCH3 is 1. The van der Waals surface area contributed by atoms with Crippen LogP contribution in [0, 0.1) is 0 Å². The van der Waals surface area contributed by atoms with Crippen LogP contribution in [0.25, 0.3) is 6.08 Å². The molecule has 0 fully saturated rings. The third-order valence-corrected chi connectivity index (χ3v) is 6.56. The second-order valence-electron chi connectivity index (χ2n) is 6.75. The summed E-state index contributed by atoms with van der Waals surface area (Å²) in [6.45, 7) is 3.07. The molecule has 0 radical (unpaired) electrons. The molecule has 3 heterocycles. The van der Waals surface area contributed by atoms with Gasteiger partial charge in [-0.2, -0.15) is 0 Å². The number of hydrogen-bond donors (Lipinski definition) is 0. The molecule has 9 heteroatoms. The lowest BCUT2D eigenvalue weighted by Crippen LogP contribution is -2.39. The third kappa shape index (κ3) is 4.01. The number of carbonyl (C=O) groups excluding carboxylic acids is 2. The number of allylic oxidation sites excluding steroid dienone is 1. The molecule has 0 N–H and O–H groups in total. The van der Waals surface area contributed by atoms with Gasteiger partial charge in [-0.15, -0.1) is 11.3 Å². The molecule has 4 rings (SSSR count). The van der Waals surface area contributed by atoms with E-state index in [1.54, 1.807) is 31.2 Å². The highest BCUT2D eigenvalue weighted by Crippen LogP contribution is 2.32. The van der Waals surface area contributed by atoms with E-state index in [4.69, 9.17) is 9.47 Å². The Labute approximate surface area is 185 Å². The Morgan fingerprint density at radius 2 is 2.03 bits per heavy atom. The molecule has 2 aromatic heterocycles. The molecule has 7 nitrogen and oxygen atoms in total. The van der Waals surface area contributed by atoms with Gasteiger partial charge in [-0.25, -0.2) is 9.79 Å². The van der Waals surface area contributed by atoms with Gasteiger partial charge in [0.05, 0.1) is 22.9 Å². The highest BCUT2D eigenvalue weighted by Gasteiger charge is 2.33. The smallest absolute Gasteiger partial charge is 0.338 e. The molecule has 0 aliphatic carbocycles. The summed E-state index contributed by atoms with van der Waals surface area (Å²) in [6, 6.07) is 10.1. The molecule has 1 aliphatic rings. The topological polar surface area (TPSA) is 87.0 Å². The summed E-state index contributed by atoms with van der Waals surface area (Å²) < 4.78 is 12.1. The first-order chi connectivity index (χ1) is 14.9. The van der Waals surface area contributed by atoms with Crippen LogP contribution in [0.15, 0.2) is 62.8 Å². The predicted molar refractivity (Wildman–Crippen MR) is 118 cm³/mol. The number of carbonyl (C=O) groups is 2. The molecule has 158 valence electrons. The number of ether oxygens (including phenoxy) is 2. The molecule has 0 bridgehead atoms. The van der Waals surface area contributed by atoms with Crippen molar-refractivity contribution in [3.63, 3.8) is 0 Å². The molecule has 1 atom stereocenters. The average molecular weight is 455 g/mol. The lowest BCUT2D eigenvalue weighted by atomic mass is 10.0. The number of fused-ring (bicyclic) bond motifs is 1. The van der Waals surface area contributed by atoms with Gasteiger partial charge in [0, 0.05) is 11.8 Å². The Morgan fingerprint density at radius 1 is 1.23 bits per heavy atom. The van der Waals surface area contributed by atoms with Crippen molar-refractivity contribution in [2.45, 2.75) is 19.9 Å². The van der Waals surface area contributed by atoms with Gasteiger partial charge in [-0.1, -0.05) is 29.5 Å². The van der Waals surface area contributed by atoms with E-state index in [2.05, 4.69) is 4.99 Å². The SMILES string of the molecule is COC(=O)C1=C(C)N=c2s/c(=C\c3cccc(OC(C)=O)c3)c(=O)n2[C@@H]1c1cccs1. The van der Waals surface area contributed by atoms with Gasteiger partial charge in [-0.05, 0) is 42.1 Å². The van der Waals surface area contributed by atoms with Crippen molar-refractivity contribution in [3.05, 3.63) is 83.2 Å². The number of nitrogens with zero attached hydrogens (tertiary/aromatic N) is 2. The summed E-state index contributed by atoms with van der Waals surface area (Å²) >= 11 is 2.70. The Morgan fingerprint density at radius 3 is 2.71 bits per heavy atom. The first kappa shape index (κ1) is 21.0. The molecule has 0 spiro atoms. The summed E-state index contributed by atoms with van der Waals surface area (Å²) in [5.74, 6) is -0.532. The molecule has 3 aromatic rings. The van der Waals surface area contributed by atoms with E-state index < -0.39 is 18.0 Å². The molecular weight excluding hydrogens is 436 g/mol. The van der Waals surface area contributed by atoms with Gasteiger partial charge in [0.25, 0.3) is 5.56 Å². The fourth-order valence-corrected chi connectivity index (χ4v) is 5.26. The van der Waals surface area contributed by atoms with Gasteiger partial charge in [0.2, 0.25) is 0 Å². The number of thiophene rings is 1. The van der Waals surface area contributed by atoms with Crippen LogP contribution in [-0.2, 0) is 14.3 Å². The van der Waals surface area contributed by atoms with Crippen molar-refractivity contribution in [3.8, 4) is 5.75 Å². The number of esters is 2. The fraction of sp³-hybridized carbons (Fsp3) is 0.182. The van der Waals surface area contributed by atoms with Crippen LogP contribution >= 0.6 is 22.7 Å². The Bertz CT molecular complexity index is 1380. The summed E-state index contributed by atoms with van der Waals surface area (Å²) in [7, 11) is 1.31. The lowest BCUT2D eigenvalue weighted by Gasteiger charge is -2.22. The summed E-state index contributed by atoms with van der Waals surface area (Å²) in [5.41, 5.74) is 1.32.